The lowest BCUT2D eigenvalue weighted by Crippen LogP contribution is -2.19. The zero-order chi connectivity index (χ0) is 13.7. The van der Waals surface area contributed by atoms with Crippen LogP contribution in [0.25, 0.3) is 0 Å². The molecule has 2 aromatic rings. The zero-order valence-electron chi connectivity index (χ0n) is 10.9. The molecule has 1 heterocycles. The molecule has 1 aromatic heterocycles. The molecule has 0 unspecified atom stereocenters. The quantitative estimate of drug-likeness (QED) is 0.871. The molecule has 6 heteroatoms. The lowest BCUT2D eigenvalue weighted by Gasteiger charge is -2.11. The molecule has 1 N–H and O–H groups in total. The molecule has 3 nitrogen and oxygen atoms in total. The summed E-state index contributed by atoms with van der Waals surface area (Å²) in [4.78, 5) is 1.18. The van der Waals surface area contributed by atoms with Gasteiger partial charge in [0, 0.05) is 16.5 Å². The van der Waals surface area contributed by atoms with Crippen LogP contribution in [-0.2, 0) is 6.54 Å². The highest BCUT2D eigenvalue weighted by Gasteiger charge is 2.08. The molecule has 0 aliphatic carbocycles. The Morgan fingerprint density at radius 2 is 2.26 bits per heavy atom. The van der Waals surface area contributed by atoms with Crippen LogP contribution in [0, 0.1) is 5.92 Å². The molecule has 0 spiro atoms. The first-order valence-corrected chi connectivity index (χ1v) is 8.15. The summed E-state index contributed by atoms with van der Waals surface area (Å²) in [6.45, 7) is 6.21. The Labute approximate surface area is 126 Å². The zero-order valence-corrected chi connectivity index (χ0v) is 13.3. The minimum atomic E-state index is 0.637. The van der Waals surface area contributed by atoms with Crippen molar-refractivity contribution in [1.29, 1.82) is 0 Å². The van der Waals surface area contributed by atoms with Crippen molar-refractivity contribution >= 4 is 34.7 Å². The number of nitrogens with zero attached hydrogens (tertiary/aromatic N) is 2. The maximum Gasteiger partial charge on any atom is 0.178 e. The summed E-state index contributed by atoms with van der Waals surface area (Å²) in [5.74, 6) is 0.637. The fraction of sp³-hybridized carbons (Fsp3) is 0.385. The molecule has 0 radical (unpaired) electrons. The summed E-state index contributed by atoms with van der Waals surface area (Å²) < 4.78 is 0.951. The van der Waals surface area contributed by atoms with Crippen molar-refractivity contribution in [2.75, 3.05) is 6.54 Å². The first-order valence-electron chi connectivity index (χ1n) is 6.08. The molecule has 0 aliphatic heterocycles. The Hall–Kier alpha value is -0.620. The van der Waals surface area contributed by atoms with Crippen LogP contribution in [0.3, 0.4) is 0 Å². The molecule has 0 amide bonds. The number of halogens is 1. The predicted molar refractivity (Wildman–Crippen MR) is 82.0 cm³/mol. The van der Waals surface area contributed by atoms with Gasteiger partial charge in [-0.05, 0) is 36.2 Å². The summed E-state index contributed by atoms with van der Waals surface area (Å²) >= 11 is 9.26. The maximum atomic E-state index is 6.08. The van der Waals surface area contributed by atoms with Gasteiger partial charge in [0.15, 0.2) is 4.34 Å². The molecule has 0 aliphatic rings. The van der Waals surface area contributed by atoms with Gasteiger partial charge in [-0.25, -0.2) is 0 Å². The third-order valence-corrected chi connectivity index (χ3v) is 4.56. The normalized spacial score (nSPS) is 11.2. The second-order valence-electron chi connectivity index (χ2n) is 4.58. The largest absolute Gasteiger partial charge is 0.312 e. The van der Waals surface area contributed by atoms with Gasteiger partial charge in [-0.1, -0.05) is 48.5 Å². The van der Waals surface area contributed by atoms with E-state index < -0.39 is 0 Å². The van der Waals surface area contributed by atoms with E-state index in [1.807, 2.05) is 18.2 Å². The lowest BCUT2D eigenvalue weighted by molar-refractivity contribution is 0.550. The van der Waals surface area contributed by atoms with E-state index in [9.17, 15) is 0 Å². The molecular weight excluding hydrogens is 298 g/mol. The fourth-order valence-electron chi connectivity index (χ4n) is 1.58. The monoisotopic (exact) mass is 313 g/mol. The van der Waals surface area contributed by atoms with E-state index in [1.165, 1.54) is 10.5 Å². The SMILES string of the molecule is CC(C)CNCc1cc(Cl)ccc1Sc1nncs1. The van der Waals surface area contributed by atoms with Crippen LogP contribution in [-0.4, -0.2) is 16.7 Å². The Bertz CT molecular complexity index is 515. The smallest absolute Gasteiger partial charge is 0.178 e. The number of hydrogen-bond acceptors (Lipinski definition) is 5. The van der Waals surface area contributed by atoms with Crippen molar-refractivity contribution in [3.8, 4) is 0 Å². The number of aromatic nitrogens is 2. The second kappa shape index (κ2) is 7.24. The molecule has 1 aromatic carbocycles. The van der Waals surface area contributed by atoms with Gasteiger partial charge in [0.1, 0.15) is 5.51 Å². The molecule has 0 saturated heterocycles. The molecule has 19 heavy (non-hydrogen) atoms. The van der Waals surface area contributed by atoms with Crippen molar-refractivity contribution < 1.29 is 0 Å². The fourth-order valence-corrected chi connectivity index (χ4v) is 3.32. The van der Waals surface area contributed by atoms with Crippen LogP contribution in [0.15, 0.2) is 32.9 Å². The number of hydrogen-bond donors (Lipinski definition) is 1. The van der Waals surface area contributed by atoms with Gasteiger partial charge in [-0.15, -0.1) is 10.2 Å². The third-order valence-electron chi connectivity index (χ3n) is 2.43. The van der Waals surface area contributed by atoms with Gasteiger partial charge in [0.05, 0.1) is 0 Å². The van der Waals surface area contributed by atoms with Gasteiger partial charge in [-0.3, -0.25) is 0 Å². The molecule has 2 rings (SSSR count). The van der Waals surface area contributed by atoms with Crippen molar-refractivity contribution in [3.63, 3.8) is 0 Å². The molecule has 102 valence electrons. The standard InChI is InChI=1S/C13H16ClN3S2/c1-9(2)6-15-7-10-5-11(14)3-4-12(10)19-13-17-16-8-18-13/h3-5,8-9,15H,6-7H2,1-2H3. The molecule has 0 saturated carbocycles. The minimum absolute atomic E-state index is 0.637. The summed E-state index contributed by atoms with van der Waals surface area (Å²) in [5.41, 5.74) is 2.95. The summed E-state index contributed by atoms with van der Waals surface area (Å²) in [7, 11) is 0. The minimum Gasteiger partial charge on any atom is -0.312 e. The Morgan fingerprint density at radius 1 is 1.42 bits per heavy atom. The Morgan fingerprint density at radius 3 is 2.95 bits per heavy atom. The molecule has 0 atom stereocenters. The van der Waals surface area contributed by atoms with E-state index in [0.29, 0.717) is 5.92 Å². The van der Waals surface area contributed by atoms with Gasteiger partial charge in [0.2, 0.25) is 0 Å². The predicted octanol–water partition coefficient (Wildman–Crippen LogP) is 4.09. The van der Waals surface area contributed by atoms with Crippen molar-refractivity contribution in [1.82, 2.24) is 15.5 Å². The molecule has 0 bridgehead atoms. The van der Waals surface area contributed by atoms with Crippen LogP contribution in [0.5, 0.6) is 0 Å². The van der Waals surface area contributed by atoms with Gasteiger partial charge in [0.25, 0.3) is 0 Å². The number of rotatable bonds is 6. The topological polar surface area (TPSA) is 37.8 Å². The van der Waals surface area contributed by atoms with E-state index in [0.717, 1.165) is 22.5 Å². The maximum absolute atomic E-state index is 6.08. The molecule has 0 fully saturated rings. The summed E-state index contributed by atoms with van der Waals surface area (Å²) in [6, 6.07) is 5.97. The molecular formula is C13H16ClN3S2. The van der Waals surface area contributed by atoms with Crippen LogP contribution in [0.2, 0.25) is 5.02 Å². The van der Waals surface area contributed by atoms with Gasteiger partial charge >= 0.3 is 0 Å². The van der Waals surface area contributed by atoms with Crippen LogP contribution in [0.4, 0.5) is 0 Å². The number of nitrogens with one attached hydrogen (secondary N) is 1. The van der Waals surface area contributed by atoms with Gasteiger partial charge < -0.3 is 5.32 Å². The summed E-state index contributed by atoms with van der Waals surface area (Å²) in [5, 5.41) is 12.1. The Kier molecular flexibility index (Phi) is 5.63. The highest BCUT2D eigenvalue weighted by atomic mass is 35.5. The van der Waals surface area contributed by atoms with Crippen LogP contribution in [0.1, 0.15) is 19.4 Å². The van der Waals surface area contributed by atoms with E-state index in [2.05, 4.69) is 29.4 Å². The lowest BCUT2D eigenvalue weighted by atomic mass is 10.2. The average molecular weight is 314 g/mol. The first-order chi connectivity index (χ1) is 9.15. The van der Waals surface area contributed by atoms with E-state index in [1.54, 1.807) is 28.6 Å². The van der Waals surface area contributed by atoms with Gasteiger partial charge in [-0.2, -0.15) is 0 Å². The van der Waals surface area contributed by atoms with Crippen LogP contribution >= 0.6 is 34.7 Å². The van der Waals surface area contributed by atoms with E-state index in [-0.39, 0.29) is 0 Å². The number of benzene rings is 1. The Balaban J connectivity index is 2.08. The second-order valence-corrected chi connectivity index (χ2v) is 7.14. The van der Waals surface area contributed by atoms with Crippen molar-refractivity contribution in [2.24, 2.45) is 5.92 Å². The average Bonchev–Trinajstić information content (AvgIpc) is 2.85. The third kappa shape index (κ3) is 4.76. The summed E-state index contributed by atoms with van der Waals surface area (Å²) in [6.07, 6.45) is 0. The first kappa shape index (κ1) is 14.8. The van der Waals surface area contributed by atoms with E-state index in [4.69, 9.17) is 11.6 Å². The van der Waals surface area contributed by atoms with Crippen LogP contribution < -0.4 is 5.32 Å². The van der Waals surface area contributed by atoms with Crippen molar-refractivity contribution in [2.45, 2.75) is 29.6 Å². The van der Waals surface area contributed by atoms with E-state index >= 15 is 0 Å². The highest BCUT2D eigenvalue weighted by molar-refractivity contribution is 8.01. The van der Waals surface area contributed by atoms with Crippen molar-refractivity contribution in [3.05, 3.63) is 34.3 Å². The highest BCUT2D eigenvalue weighted by Crippen LogP contribution is 2.32.